The predicted octanol–water partition coefficient (Wildman–Crippen LogP) is 1.69. The molecule has 0 saturated carbocycles. The van der Waals surface area contributed by atoms with Crippen LogP contribution >= 0.6 is 12.2 Å². The molecule has 1 aromatic rings. The predicted molar refractivity (Wildman–Crippen MR) is 66.5 cm³/mol. The largest absolute Gasteiger partial charge is 0.466 e. The molecule has 0 radical (unpaired) electrons. The van der Waals surface area contributed by atoms with Gasteiger partial charge in [-0.15, -0.1) is 0 Å². The van der Waals surface area contributed by atoms with Crippen LogP contribution in [0.1, 0.15) is 35.2 Å². The Hall–Kier alpha value is -1.36. The number of furan rings is 1. The van der Waals surface area contributed by atoms with Crippen LogP contribution in [0.25, 0.3) is 0 Å². The molecule has 1 atom stereocenters. The maximum atomic E-state index is 11.9. The molecule has 3 N–H and O–H groups in total. The highest BCUT2D eigenvalue weighted by Crippen LogP contribution is 2.13. The fourth-order valence-corrected chi connectivity index (χ4v) is 1.69. The van der Waals surface area contributed by atoms with Gasteiger partial charge in [0, 0.05) is 0 Å². The molecule has 0 aliphatic rings. The van der Waals surface area contributed by atoms with E-state index in [4.69, 9.17) is 22.4 Å². The summed E-state index contributed by atoms with van der Waals surface area (Å²) < 4.78 is 5.29. The van der Waals surface area contributed by atoms with Gasteiger partial charge in [0.25, 0.3) is 5.91 Å². The van der Waals surface area contributed by atoms with Crippen molar-refractivity contribution in [1.29, 1.82) is 0 Å². The molecule has 5 heteroatoms. The number of hydrogen-bond acceptors (Lipinski definition) is 3. The summed E-state index contributed by atoms with van der Waals surface area (Å²) in [5.74, 6) is 1.12. The molecule has 0 aliphatic carbocycles. The van der Waals surface area contributed by atoms with E-state index in [0.717, 1.165) is 0 Å². The summed E-state index contributed by atoms with van der Waals surface area (Å²) in [5, 5.41) is 2.77. The van der Waals surface area contributed by atoms with Crippen LogP contribution in [-0.2, 0) is 0 Å². The number of carbonyl (C=O) groups is 1. The van der Waals surface area contributed by atoms with Crippen molar-refractivity contribution in [3.05, 3.63) is 23.2 Å². The SMILES string of the molecule is CCC(NC(=O)c1cc(C)oc1C)C(N)=S. The van der Waals surface area contributed by atoms with Gasteiger partial charge in [-0.05, 0) is 26.3 Å². The lowest BCUT2D eigenvalue weighted by molar-refractivity contribution is 0.0945. The van der Waals surface area contributed by atoms with Crippen LogP contribution in [0.4, 0.5) is 0 Å². The first kappa shape index (κ1) is 12.7. The monoisotopic (exact) mass is 240 g/mol. The number of amides is 1. The highest BCUT2D eigenvalue weighted by atomic mass is 32.1. The zero-order valence-electron chi connectivity index (χ0n) is 9.66. The minimum atomic E-state index is -0.267. The zero-order chi connectivity index (χ0) is 12.3. The van der Waals surface area contributed by atoms with Crippen molar-refractivity contribution < 1.29 is 9.21 Å². The van der Waals surface area contributed by atoms with Crippen molar-refractivity contribution in [2.45, 2.75) is 33.2 Å². The maximum Gasteiger partial charge on any atom is 0.255 e. The van der Waals surface area contributed by atoms with Crippen molar-refractivity contribution >= 4 is 23.1 Å². The Kier molecular flexibility index (Phi) is 4.06. The lowest BCUT2D eigenvalue weighted by atomic mass is 10.2. The minimum Gasteiger partial charge on any atom is -0.466 e. The van der Waals surface area contributed by atoms with Crippen molar-refractivity contribution in [1.82, 2.24) is 5.32 Å². The zero-order valence-corrected chi connectivity index (χ0v) is 10.5. The van der Waals surface area contributed by atoms with E-state index in [0.29, 0.717) is 28.5 Å². The number of thiocarbonyl (C=S) groups is 1. The molecule has 88 valence electrons. The molecule has 1 rings (SSSR count). The first-order valence-corrected chi connectivity index (χ1v) is 5.53. The summed E-state index contributed by atoms with van der Waals surface area (Å²) in [7, 11) is 0. The molecular formula is C11H16N2O2S. The number of nitrogens with one attached hydrogen (secondary N) is 1. The summed E-state index contributed by atoms with van der Waals surface area (Å²) >= 11 is 4.86. The second-order valence-corrected chi connectivity index (χ2v) is 4.13. The molecular weight excluding hydrogens is 224 g/mol. The van der Waals surface area contributed by atoms with Gasteiger partial charge in [-0.3, -0.25) is 4.79 Å². The summed E-state index contributed by atoms with van der Waals surface area (Å²) in [6, 6.07) is 1.44. The van der Waals surface area contributed by atoms with Crippen molar-refractivity contribution in [2.75, 3.05) is 0 Å². The van der Waals surface area contributed by atoms with Crippen LogP contribution in [0, 0.1) is 13.8 Å². The van der Waals surface area contributed by atoms with E-state index in [-0.39, 0.29) is 11.9 Å². The summed E-state index contributed by atoms with van der Waals surface area (Å²) in [6.07, 6.45) is 0.678. The van der Waals surface area contributed by atoms with Gasteiger partial charge in [0.15, 0.2) is 0 Å². The number of aryl methyl sites for hydroxylation is 2. The molecule has 0 bridgehead atoms. The van der Waals surface area contributed by atoms with Crippen LogP contribution in [0.15, 0.2) is 10.5 Å². The Labute approximate surface area is 100 Å². The minimum absolute atomic E-state index is 0.200. The maximum absolute atomic E-state index is 11.9. The molecule has 1 unspecified atom stereocenters. The second-order valence-electron chi connectivity index (χ2n) is 3.66. The molecule has 16 heavy (non-hydrogen) atoms. The summed E-state index contributed by atoms with van der Waals surface area (Å²) in [5.41, 5.74) is 6.04. The van der Waals surface area contributed by atoms with Crippen molar-refractivity contribution in [3.63, 3.8) is 0 Å². The normalized spacial score (nSPS) is 12.2. The molecule has 0 aromatic carbocycles. The fourth-order valence-electron chi connectivity index (χ4n) is 1.47. The van der Waals surface area contributed by atoms with Crippen LogP contribution in [-0.4, -0.2) is 16.9 Å². The number of rotatable bonds is 4. The standard InChI is InChI=1S/C11H16N2O2S/c1-4-9(10(12)16)13-11(14)8-5-6(2)15-7(8)3/h5,9H,4H2,1-3H3,(H2,12,16)(H,13,14). The number of hydrogen-bond donors (Lipinski definition) is 2. The van der Waals surface area contributed by atoms with Crippen LogP contribution in [0.3, 0.4) is 0 Å². The molecule has 0 aliphatic heterocycles. The molecule has 1 heterocycles. The van der Waals surface area contributed by atoms with Crippen LogP contribution in [0.5, 0.6) is 0 Å². The smallest absolute Gasteiger partial charge is 0.255 e. The van der Waals surface area contributed by atoms with E-state index >= 15 is 0 Å². The average Bonchev–Trinajstić information content (AvgIpc) is 2.53. The van der Waals surface area contributed by atoms with Crippen LogP contribution < -0.4 is 11.1 Å². The molecule has 1 amide bonds. The van der Waals surface area contributed by atoms with Gasteiger partial charge >= 0.3 is 0 Å². The highest BCUT2D eigenvalue weighted by molar-refractivity contribution is 7.80. The van der Waals surface area contributed by atoms with E-state index in [1.165, 1.54) is 0 Å². The van der Waals surface area contributed by atoms with Gasteiger partial charge in [0.2, 0.25) is 0 Å². The average molecular weight is 240 g/mol. The van der Waals surface area contributed by atoms with E-state index in [1.54, 1.807) is 19.9 Å². The molecule has 0 fully saturated rings. The fraction of sp³-hybridized carbons (Fsp3) is 0.455. The Morgan fingerprint density at radius 1 is 1.62 bits per heavy atom. The quantitative estimate of drug-likeness (QED) is 0.786. The van der Waals surface area contributed by atoms with Gasteiger partial charge in [-0.1, -0.05) is 19.1 Å². The highest BCUT2D eigenvalue weighted by Gasteiger charge is 2.18. The van der Waals surface area contributed by atoms with Gasteiger partial charge in [0.1, 0.15) is 11.5 Å². The van der Waals surface area contributed by atoms with E-state index in [2.05, 4.69) is 5.32 Å². The van der Waals surface area contributed by atoms with E-state index in [9.17, 15) is 4.79 Å². The molecule has 0 saturated heterocycles. The lowest BCUT2D eigenvalue weighted by Crippen LogP contribution is -2.43. The third-order valence-corrected chi connectivity index (χ3v) is 2.63. The second kappa shape index (κ2) is 5.12. The van der Waals surface area contributed by atoms with E-state index < -0.39 is 0 Å². The van der Waals surface area contributed by atoms with Gasteiger partial charge in [0.05, 0.1) is 16.6 Å². The molecule has 4 nitrogen and oxygen atoms in total. The Morgan fingerprint density at radius 2 is 2.25 bits per heavy atom. The lowest BCUT2D eigenvalue weighted by Gasteiger charge is -2.14. The van der Waals surface area contributed by atoms with Crippen molar-refractivity contribution in [3.8, 4) is 0 Å². The number of nitrogens with two attached hydrogens (primary N) is 1. The van der Waals surface area contributed by atoms with Gasteiger partial charge in [-0.25, -0.2) is 0 Å². The summed E-state index contributed by atoms with van der Waals surface area (Å²) in [6.45, 7) is 5.47. The Bertz CT molecular complexity index is 412. The Balaban J connectivity index is 2.79. The third kappa shape index (κ3) is 2.82. The molecule has 0 spiro atoms. The van der Waals surface area contributed by atoms with E-state index in [1.807, 2.05) is 6.92 Å². The molecule has 1 aromatic heterocycles. The third-order valence-electron chi connectivity index (χ3n) is 2.34. The van der Waals surface area contributed by atoms with Crippen LogP contribution in [0.2, 0.25) is 0 Å². The first-order chi connectivity index (χ1) is 7.45. The Morgan fingerprint density at radius 3 is 2.62 bits per heavy atom. The summed E-state index contributed by atoms with van der Waals surface area (Å²) in [4.78, 5) is 12.2. The van der Waals surface area contributed by atoms with Crippen molar-refractivity contribution in [2.24, 2.45) is 5.73 Å². The topological polar surface area (TPSA) is 68.3 Å². The van der Waals surface area contributed by atoms with Gasteiger partial charge in [-0.2, -0.15) is 0 Å². The first-order valence-electron chi connectivity index (χ1n) is 5.13. The number of carbonyl (C=O) groups excluding carboxylic acids is 1. The van der Waals surface area contributed by atoms with Gasteiger partial charge < -0.3 is 15.5 Å².